The van der Waals surface area contributed by atoms with Crippen LogP contribution in [-0.2, 0) is 11.3 Å². The number of benzene rings is 1. The van der Waals surface area contributed by atoms with E-state index >= 15 is 0 Å². The van der Waals surface area contributed by atoms with E-state index in [0.29, 0.717) is 14.5 Å². The molecule has 8 heteroatoms. The standard InChI is InChI=1S/C19H27N3OP4/c1-3-22(4-2)18-9-7-16(8-10-18)5-6-17-11-13-21(14-12-17)15-19(23)20-27(25)26-24/h5-14,26H,3-4,15,24-25H2,1-2H3/p+1. The number of hydrogen-bond donors (Lipinski definition) is 1. The predicted octanol–water partition coefficient (Wildman–Crippen LogP) is 4.68. The molecular weight excluding hydrogens is 410 g/mol. The molecule has 4 nitrogen and oxygen atoms in total. The first kappa shape index (κ1) is 22.4. The Morgan fingerprint density at radius 1 is 1.11 bits per heavy atom. The zero-order valence-corrected chi connectivity index (χ0v) is 20.0. The van der Waals surface area contributed by atoms with E-state index in [0.717, 1.165) is 18.7 Å². The van der Waals surface area contributed by atoms with Crippen molar-refractivity contribution in [3.8, 4) is 0 Å². The number of carbonyl (C=O) groups excluding carboxylic acids is 1. The summed E-state index contributed by atoms with van der Waals surface area (Å²) in [6.45, 7) is 6.73. The Bertz CT molecular complexity index is 747. The Morgan fingerprint density at radius 2 is 1.67 bits per heavy atom. The largest absolute Gasteiger partial charge is 0.372 e. The SMILES string of the molecule is CCN(CC)c1ccc(/C=C/c2cc[n+](CC(=O)NP(P)PP)cc2)cc1. The fourth-order valence-corrected chi connectivity index (χ4v) is 4.62. The van der Waals surface area contributed by atoms with Crippen LogP contribution in [0.4, 0.5) is 5.69 Å². The lowest BCUT2D eigenvalue weighted by atomic mass is 10.1. The highest BCUT2D eigenvalue weighted by molar-refractivity contribution is 8.60. The topological polar surface area (TPSA) is 36.2 Å². The molecule has 4 unspecified atom stereocenters. The van der Waals surface area contributed by atoms with Gasteiger partial charge in [-0.1, -0.05) is 41.2 Å². The summed E-state index contributed by atoms with van der Waals surface area (Å²) in [5.74, 6) is 0.0487. The number of nitrogens with one attached hydrogen (secondary N) is 1. The van der Waals surface area contributed by atoms with Gasteiger partial charge in [0.15, 0.2) is 12.4 Å². The highest BCUT2D eigenvalue weighted by Gasteiger charge is 2.11. The van der Waals surface area contributed by atoms with E-state index in [1.54, 1.807) is 0 Å². The maximum absolute atomic E-state index is 11.9. The van der Waals surface area contributed by atoms with Gasteiger partial charge in [-0.15, -0.1) is 8.93 Å². The molecule has 0 saturated carbocycles. The lowest BCUT2D eigenvalue weighted by Crippen LogP contribution is -2.40. The maximum atomic E-state index is 11.9. The van der Waals surface area contributed by atoms with Crippen molar-refractivity contribution in [3.63, 3.8) is 0 Å². The lowest BCUT2D eigenvalue weighted by Gasteiger charge is -2.20. The van der Waals surface area contributed by atoms with Crippen LogP contribution < -0.4 is 14.6 Å². The van der Waals surface area contributed by atoms with E-state index in [9.17, 15) is 4.79 Å². The quantitative estimate of drug-likeness (QED) is 0.456. The molecule has 1 aromatic carbocycles. The maximum Gasteiger partial charge on any atom is 0.289 e. The van der Waals surface area contributed by atoms with Crippen LogP contribution in [0, 0.1) is 0 Å². The highest BCUT2D eigenvalue weighted by Crippen LogP contribution is 2.62. The summed E-state index contributed by atoms with van der Waals surface area (Å²) in [4.78, 5) is 14.3. The van der Waals surface area contributed by atoms with Crippen molar-refractivity contribution in [1.82, 2.24) is 5.09 Å². The highest BCUT2D eigenvalue weighted by atomic mass is 32.6. The molecule has 2 rings (SSSR count). The fraction of sp³-hybridized carbons (Fsp3) is 0.263. The summed E-state index contributed by atoms with van der Waals surface area (Å²) >= 11 is 0. The van der Waals surface area contributed by atoms with Crippen LogP contribution in [-0.4, -0.2) is 19.0 Å². The van der Waals surface area contributed by atoms with Crippen molar-refractivity contribution in [2.45, 2.75) is 20.4 Å². The molecule has 0 fully saturated rings. The lowest BCUT2D eigenvalue weighted by molar-refractivity contribution is -0.684. The normalized spacial score (nSPS) is 12.6. The van der Waals surface area contributed by atoms with Crippen LogP contribution in [0.3, 0.4) is 0 Å². The van der Waals surface area contributed by atoms with Gasteiger partial charge in [0.05, 0.1) is 0 Å². The van der Waals surface area contributed by atoms with Crippen LogP contribution in [0.25, 0.3) is 12.2 Å². The Labute approximate surface area is 169 Å². The van der Waals surface area contributed by atoms with E-state index in [1.165, 1.54) is 11.3 Å². The number of carbonyl (C=O) groups is 1. The molecule has 2 aromatic rings. The van der Waals surface area contributed by atoms with Crippen molar-refractivity contribution < 1.29 is 9.36 Å². The molecule has 0 radical (unpaired) electrons. The molecule has 0 aliphatic rings. The molecule has 4 atom stereocenters. The van der Waals surface area contributed by atoms with Gasteiger partial charge in [0.25, 0.3) is 5.91 Å². The smallest absolute Gasteiger partial charge is 0.289 e. The Kier molecular flexibility index (Phi) is 9.81. The van der Waals surface area contributed by atoms with Gasteiger partial charge in [-0.2, -0.15) is 4.57 Å². The number of amides is 1. The van der Waals surface area contributed by atoms with Crippen molar-refractivity contribution in [3.05, 3.63) is 59.9 Å². The second-order valence-corrected chi connectivity index (χ2v) is 14.8. The van der Waals surface area contributed by atoms with Crippen molar-refractivity contribution >= 4 is 57.0 Å². The predicted molar refractivity (Wildman–Crippen MR) is 128 cm³/mol. The molecule has 0 spiro atoms. The molecule has 1 heterocycles. The van der Waals surface area contributed by atoms with Gasteiger partial charge in [0, 0.05) is 38.4 Å². The average molecular weight is 438 g/mol. The van der Waals surface area contributed by atoms with Crippen LogP contribution in [0.1, 0.15) is 25.0 Å². The molecule has 1 N–H and O–H groups in total. The molecule has 1 aromatic heterocycles. The summed E-state index contributed by atoms with van der Waals surface area (Å²) in [6, 6.07) is 12.7. The van der Waals surface area contributed by atoms with E-state index in [2.05, 4.69) is 78.1 Å². The number of hydrogen-bond acceptors (Lipinski definition) is 2. The molecule has 0 aliphatic heterocycles. The van der Waals surface area contributed by atoms with Crippen LogP contribution in [0.2, 0.25) is 0 Å². The number of aromatic nitrogens is 1. The zero-order chi connectivity index (χ0) is 19.6. The van der Waals surface area contributed by atoms with Crippen LogP contribution >= 0.6 is 33.3 Å². The molecule has 27 heavy (non-hydrogen) atoms. The summed E-state index contributed by atoms with van der Waals surface area (Å²) in [7, 11) is 5.55. The van der Waals surface area contributed by atoms with Gasteiger partial charge in [0.1, 0.15) is 0 Å². The minimum atomic E-state index is -0.480. The first-order valence-electron chi connectivity index (χ1n) is 8.88. The molecule has 0 saturated heterocycles. The van der Waals surface area contributed by atoms with Crippen LogP contribution in [0.15, 0.2) is 48.8 Å². The van der Waals surface area contributed by atoms with Gasteiger partial charge < -0.3 is 9.99 Å². The van der Waals surface area contributed by atoms with Gasteiger partial charge in [-0.05, 0) is 37.1 Å². The minimum Gasteiger partial charge on any atom is -0.372 e. The summed E-state index contributed by atoms with van der Waals surface area (Å²) in [5.41, 5.74) is 3.54. The van der Waals surface area contributed by atoms with E-state index in [-0.39, 0.29) is 5.91 Å². The Balaban J connectivity index is 1.94. The van der Waals surface area contributed by atoms with Crippen LogP contribution in [0.5, 0.6) is 0 Å². The number of pyridine rings is 1. The monoisotopic (exact) mass is 438 g/mol. The van der Waals surface area contributed by atoms with Gasteiger partial charge in [0.2, 0.25) is 6.54 Å². The fourth-order valence-electron chi connectivity index (χ4n) is 2.63. The molecule has 0 aliphatic carbocycles. The number of nitrogens with zero attached hydrogens (tertiary/aromatic N) is 2. The summed E-state index contributed by atoms with van der Waals surface area (Å²) in [5, 5.41) is 3.00. The van der Waals surface area contributed by atoms with Crippen molar-refractivity contribution in [2.24, 2.45) is 0 Å². The minimum absolute atomic E-state index is 0.0487. The molecule has 144 valence electrons. The van der Waals surface area contributed by atoms with Gasteiger partial charge in [-0.25, -0.2) is 0 Å². The number of anilines is 1. The average Bonchev–Trinajstić information content (AvgIpc) is 2.69. The third-order valence-electron chi connectivity index (χ3n) is 4.12. The molecular formula is C19H28N3OP4+. The second-order valence-electron chi connectivity index (χ2n) is 5.94. The molecule has 0 bridgehead atoms. The Hall–Kier alpha value is -0.900. The van der Waals surface area contributed by atoms with Crippen molar-refractivity contribution in [2.75, 3.05) is 18.0 Å². The third-order valence-corrected chi connectivity index (χ3v) is 13.0. The summed E-state index contributed by atoms with van der Waals surface area (Å²) < 4.78 is 1.89. The van der Waals surface area contributed by atoms with E-state index < -0.39 is 7.45 Å². The van der Waals surface area contributed by atoms with Crippen molar-refractivity contribution in [1.29, 1.82) is 0 Å². The first-order chi connectivity index (χ1) is 13.0. The first-order valence-corrected chi connectivity index (χ1v) is 15.5. The third kappa shape index (κ3) is 7.56. The number of rotatable bonds is 9. The van der Waals surface area contributed by atoms with E-state index in [4.69, 9.17) is 0 Å². The van der Waals surface area contributed by atoms with E-state index in [1.807, 2.05) is 29.1 Å². The van der Waals surface area contributed by atoms with Gasteiger partial charge in [-0.3, -0.25) is 4.79 Å². The zero-order valence-electron chi connectivity index (χ0n) is 15.8. The van der Waals surface area contributed by atoms with Gasteiger partial charge >= 0.3 is 0 Å². The second kappa shape index (κ2) is 11.8. The molecule has 1 amide bonds. The Morgan fingerprint density at radius 3 is 2.19 bits per heavy atom. The summed E-state index contributed by atoms with van der Waals surface area (Å²) in [6.07, 6.45) is 8.08.